The van der Waals surface area contributed by atoms with Crippen molar-refractivity contribution in [2.45, 2.75) is 189 Å². The lowest BCUT2D eigenvalue weighted by Crippen LogP contribution is -2.64. The molecule has 15 unspecified atom stereocenters. The Bertz CT molecular complexity index is 1890. The molecule has 2 saturated heterocycles. The number of carbonyl (C=O) groups is 7. The van der Waals surface area contributed by atoms with Crippen LogP contribution in [-0.2, 0) is 76.2 Å². The fraction of sp³-hybridized carbons (Fsp3) is 0.873. The molecule has 2 heterocycles. The van der Waals surface area contributed by atoms with Gasteiger partial charge in [-0.05, 0) is 51.4 Å². The van der Waals surface area contributed by atoms with Gasteiger partial charge in [-0.3, -0.25) is 33.6 Å². The Kier molecular flexibility index (Phi) is 34.2. The molecule has 0 aromatic carbocycles. The molecule has 16 N–H and O–H groups in total. The van der Waals surface area contributed by atoms with Crippen LogP contribution in [-0.4, -0.2) is 291 Å². The molecule has 7 amide bonds. The van der Waals surface area contributed by atoms with Crippen molar-refractivity contribution in [3.8, 4) is 0 Å². The van der Waals surface area contributed by atoms with E-state index in [1.807, 2.05) is 0 Å². The zero-order chi connectivity index (χ0) is 64.1. The molecule has 0 aromatic rings. The fourth-order valence-electron chi connectivity index (χ4n) is 10.9. The number of hydrogen-bond donors (Lipinski definition) is 16. The van der Waals surface area contributed by atoms with Crippen molar-refractivity contribution in [3.05, 3.63) is 0 Å². The predicted molar refractivity (Wildman–Crippen MR) is 300 cm³/mol. The van der Waals surface area contributed by atoms with E-state index >= 15 is 0 Å². The fourth-order valence-corrected chi connectivity index (χ4v) is 10.9. The lowest BCUT2D eigenvalue weighted by Gasteiger charge is -2.42. The normalized spacial score (nSPS) is 30.7. The van der Waals surface area contributed by atoms with Crippen LogP contribution in [0.1, 0.15) is 91.4 Å². The zero-order valence-corrected chi connectivity index (χ0v) is 50.3. The maximum Gasteiger partial charge on any atom is 0.223 e. The van der Waals surface area contributed by atoms with E-state index in [4.69, 9.17) is 42.6 Å². The Balaban J connectivity index is 1.36. The first kappa shape index (κ1) is 75.0. The first-order chi connectivity index (χ1) is 41.6. The van der Waals surface area contributed by atoms with Gasteiger partial charge in [0.05, 0.1) is 97.0 Å². The number of carbonyl (C=O) groups excluding carboxylic acids is 7. The smallest absolute Gasteiger partial charge is 0.223 e. The van der Waals surface area contributed by atoms with Crippen LogP contribution in [0, 0.1) is 11.8 Å². The monoisotopic (exact) mass is 1260 g/mol. The van der Waals surface area contributed by atoms with Gasteiger partial charge < -0.3 is 126 Å². The maximum atomic E-state index is 14.2. The zero-order valence-electron chi connectivity index (χ0n) is 50.3. The molecule has 15 atom stereocenters. The van der Waals surface area contributed by atoms with E-state index < -0.39 is 158 Å². The van der Waals surface area contributed by atoms with Crippen LogP contribution >= 0.6 is 0 Å². The molecule has 32 heteroatoms. The van der Waals surface area contributed by atoms with Crippen molar-refractivity contribution in [1.29, 1.82) is 0 Å². The Morgan fingerprint density at radius 1 is 0.483 bits per heavy atom. The number of hydrogen-bond acceptors (Lipinski definition) is 25. The highest BCUT2D eigenvalue weighted by Gasteiger charge is 2.48. The van der Waals surface area contributed by atoms with E-state index in [0.29, 0.717) is 25.7 Å². The Labute approximate surface area is 506 Å². The summed E-state index contributed by atoms with van der Waals surface area (Å²) in [7, 11) is 1.61. The van der Waals surface area contributed by atoms with Crippen molar-refractivity contribution in [1.82, 2.24) is 37.2 Å². The second kappa shape index (κ2) is 39.6. The highest BCUT2D eigenvalue weighted by Crippen LogP contribution is 2.32. The Morgan fingerprint density at radius 2 is 0.874 bits per heavy atom. The van der Waals surface area contributed by atoms with Crippen LogP contribution in [0.4, 0.5) is 0 Å². The third-order valence-electron chi connectivity index (χ3n) is 15.8. The largest absolute Gasteiger partial charge is 0.396 e. The molecule has 502 valence electrons. The summed E-state index contributed by atoms with van der Waals surface area (Å²) in [6.45, 7) is 2.11. The third-order valence-corrected chi connectivity index (χ3v) is 15.8. The van der Waals surface area contributed by atoms with Gasteiger partial charge in [-0.25, -0.2) is 0 Å². The van der Waals surface area contributed by atoms with Crippen LogP contribution in [0.2, 0.25) is 0 Å². The minimum absolute atomic E-state index is 0.00702. The maximum absolute atomic E-state index is 14.2. The van der Waals surface area contributed by atoms with Crippen LogP contribution in [0.25, 0.3) is 0 Å². The summed E-state index contributed by atoms with van der Waals surface area (Å²) >= 11 is 0. The molecule has 0 bridgehead atoms. The highest BCUT2D eigenvalue weighted by atomic mass is 16.7. The van der Waals surface area contributed by atoms with Gasteiger partial charge in [-0.15, -0.1) is 0 Å². The quantitative estimate of drug-likeness (QED) is 0.0254. The van der Waals surface area contributed by atoms with Crippen molar-refractivity contribution in [2.75, 3.05) is 106 Å². The Morgan fingerprint density at radius 3 is 1.25 bits per heavy atom. The average Bonchev–Trinajstić information content (AvgIpc) is 2.85. The number of rotatable bonds is 39. The molecule has 4 aliphatic rings. The minimum atomic E-state index is -1.50. The Hall–Kier alpha value is -4.43. The molecule has 87 heavy (non-hydrogen) atoms. The molecular weight excluding hydrogens is 1160 g/mol. The van der Waals surface area contributed by atoms with Gasteiger partial charge in [0.1, 0.15) is 54.8 Å². The van der Waals surface area contributed by atoms with E-state index in [-0.39, 0.29) is 136 Å². The molecule has 0 spiro atoms. The highest BCUT2D eigenvalue weighted by molar-refractivity contribution is 5.81. The number of aliphatic hydroxyl groups is 9. The molecule has 2 saturated carbocycles. The minimum Gasteiger partial charge on any atom is -0.396 e. The predicted octanol–water partition coefficient (Wildman–Crippen LogP) is -6.67. The van der Waals surface area contributed by atoms with Crippen molar-refractivity contribution in [2.24, 2.45) is 11.8 Å². The molecule has 4 rings (SSSR count). The number of nitrogens with one attached hydrogen (secondary N) is 7. The second-order valence-corrected chi connectivity index (χ2v) is 22.3. The average molecular weight is 1260 g/mol. The molecule has 0 aromatic heterocycles. The van der Waals surface area contributed by atoms with E-state index in [1.165, 1.54) is 20.8 Å². The summed E-state index contributed by atoms with van der Waals surface area (Å²) in [5, 5.41) is 111. The van der Waals surface area contributed by atoms with Gasteiger partial charge in [-0.2, -0.15) is 0 Å². The van der Waals surface area contributed by atoms with E-state index in [9.17, 15) is 79.5 Å². The second-order valence-electron chi connectivity index (χ2n) is 22.3. The molecule has 32 nitrogen and oxygen atoms in total. The van der Waals surface area contributed by atoms with Gasteiger partial charge in [0, 0.05) is 90.8 Å². The summed E-state index contributed by atoms with van der Waals surface area (Å²) in [6.07, 6.45) is -12.1. The van der Waals surface area contributed by atoms with Gasteiger partial charge in [0.25, 0.3) is 0 Å². The molecular formula is C55H97N7O25. The van der Waals surface area contributed by atoms with Gasteiger partial charge >= 0.3 is 0 Å². The molecule has 4 fully saturated rings. The number of aliphatic hydroxyl groups excluding tert-OH is 9. The first-order valence-electron chi connectivity index (χ1n) is 29.8. The summed E-state index contributed by atoms with van der Waals surface area (Å²) in [5.41, 5.74) is -1.27. The third kappa shape index (κ3) is 25.4. The first-order valence-corrected chi connectivity index (χ1v) is 29.8. The summed E-state index contributed by atoms with van der Waals surface area (Å²) in [4.78, 5) is 90.2. The van der Waals surface area contributed by atoms with Crippen LogP contribution in [0.3, 0.4) is 0 Å². The molecule has 0 radical (unpaired) electrons. The van der Waals surface area contributed by atoms with E-state index in [0.717, 1.165) is 0 Å². The molecule has 2 aliphatic carbocycles. The topological polar surface area (TPSA) is 469 Å². The lowest BCUT2D eigenvalue weighted by molar-refractivity contribution is -0.272. The van der Waals surface area contributed by atoms with Crippen molar-refractivity contribution < 1.29 is 122 Å². The van der Waals surface area contributed by atoms with Gasteiger partial charge in [0.15, 0.2) is 12.6 Å². The van der Waals surface area contributed by atoms with Crippen LogP contribution in [0.5, 0.6) is 0 Å². The SMILES string of the molecule is COC1CCC(C(=O)NC(CCC(=O)NCCOCCOC2CC(CO)C(O)C(O)C2NC(C)=O)(CCC(=O)NCCOCCOC2OC(CO)C(O)C(O)C2NC(C)=O)CCC(=O)NCCOCCOC2OC(CO)C(O)C(O)C2NC(C)=O)CC1. The van der Waals surface area contributed by atoms with Crippen LogP contribution in [0.15, 0.2) is 0 Å². The summed E-state index contributed by atoms with van der Waals surface area (Å²) in [6, 6.07) is -3.21. The van der Waals surface area contributed by atoms with Gasteiger partial charge in [-0.1, -0.05) is 0 Å². The van der Waals surface area contributed by atoms with Crippen molar-refractivity contribution >= 4 is 41.4 Å². The van der Waals surface area contributed by atoms with E-state index in [2.05, 4.69) is 37.2 Å². The van der Waals surface area contributed by atoms with E-state index in [1.54, 1.807) is 7.11 Å². The van der Waals surface area contributed by atoms with Crippen molar-refractivity contribution in [3.63, 3.8) is 0 Å². The number of amides is 7. The molecule has 2 aliphatic heterocycles. The summed E-state index contributed by atoms with van der Waals surface area (Å²) in [5.74, 6) is -4.15. The summed E-state index contributed by atoms with van der Waals surface area (Å²) < 4.78 is 50.8. The van der Waals surface area contributed by atoms with Crippen LogP contribution < -0.4 is 37.2 Å². The lowest BCUT2D eigenvalue weighted by atomic mass is 9.79. The number of methoxy groups -OCH3 is 1. The van der Waals surface area contributed by atoms with Gasteiger partial charge in [0.2, 0.25) is 41.4 Å². The standard InChI is InChI=1S/C55H97N7O25/c1-31(66)59-43-37(27-35(28-63)46(72)49(43)75)83-24-21-80-18-15-56-40(69)9-12-55(62-52(78)34-5-7-36(79-4)8-6-34,13-10-41(70)57-16-19-81-22-25-84-53-44(60-32(2)67)50(76)47(73)38(29-64)86-53)14-11-42(71)58-17-20-82-23-26-85-54-45(61-33(3)68)51(77)48(74)39(30-65)87-54/h34-39,43-51,53-54,63-65,72-77H,5-30H2,1-4H3,(H,56,69)(H,57,70)(H,58,71)(H,59,66)(H,60,67)(H,61,68)(H,62,78). The number of ether oxygens (including phenoxy) is 9.